The predicted molar refractivity (Wildman–Crippen MR) is 247 cm³/mol. The van der Waals surface area contributed by atoms with Crippen molar-refractivity contribution in [1.29, 1.82) is 0 Å². The third-order valence-electron chi connectivity index (χ3n) is 11.1. The third kappa shape index (κ3) is 32.3. The third-order valence-corrected chi connectivity index (χ3v) is 16.2. The van der Waals surface area contributed by atoms with Crippen LogP contribution in [-0.4, -0.2) is 33.1 Å². The molecule has 2 atom stereocenters. The maximum Gasteiger partial charge on any atom is 0.306 e. The van der Waals surface area contributed by atoms with Gasteiger partial charge in [-0.15, -0.1) is 10.9 Å². The number of carbonyl (C=O) groups excluding carboxylic acids is 3. The summed E-state index contributed by atoms with van der Waals surface area (Å²) in [6, 6.07) is 0. The van der Waals surface area contributed by atoms with E-state index >= 15 is 0 Å². The van der Waals surface area contributed by atoms with E-state index in [1.54, 1.807) is 6.92 Å². The summed E-state index contributed by atoms with van der Waals surface area (Å²) in [5, 5.41) is 0.317. The van der Waals surface area contributed by atoms with Crippen molar-refractivity contribution in [2.45, 2.75) is 265 Å². The number of thiol groups is 2. The van der Waals surface area contributed by atoms with Crippen molar-refractivity contribution in [2.75, 3.05) is 11.5 Å². The highest BCUT2D eigenvalue weighted by molar-refractivity contribution is 8.33. The molecule has 2 unspecified atom stereocenters. The summed E-state index contributed by atoms with van der Waals surface area (Å²) in [7, 11) is -2.19. The zero-order chi connectivity index (χ0) is 39.9. The second-order valence-electron chi connectivity index (χ2n) is 16.3. The number of unbranched alkanes of at least 4 members (excludes halogenated alkanes) is 30. The van der Waals surface area contributed by atoms with Gasteiger partial charge in [0.2, 0.25) is 0 Å². The van der Waals surface area contributed by atoms with Gasteiger partial charge in [0.25, 0.3) is 0 Å². The molecule has 0 aromatic rings. The topological polar surface area (TPSA) is 60.4 Å². The molecule has 54 heavy (non-hydrogen) atoms. The van der Waals surface area contributed by atoms with E-state index in [0.717, 1.165) is 29.3 Å². The van der Waals surface area contributed by atoms with Crippen LogP contribution < -0.4 is 0 Å². The Hall–Kier alpha value is -0.750. The first-order valence-electron chi connectivity index (χ1n) is 23.8. The van der Waals surface area contributed by atoms with Crippen LogP contribution in [0.25, 0.3) is 0 Å². The molecule has 0 saturated heterocycles. The summed E-state index contributed by atoms with van der Waals surface area (Å²) in [6.45, 7) is 14.1. The molecule has 0 amide bonds. The van der Waals surface area contributed by atoms with Gasteiger partial charge in [0, 0.05) is 12.8 Å². The van der Waals surface area contributed by atoms with E-state index in [2.05, 4.69) is 20.4 Å². The molecular formula is C48H94O4S2. The van der Waals surface area contributed by atoms with E-state index in [4.69, 9.17) is 4.74 Å². The maximum atomic E-state index is 14.0. The Bertz CT molecular complexity index is 854. The van der Waals surface area contributed by atoms with Crippen LogP contribution in [0, 0.1) is 0 Å². The number of esters is 1. The van der Waals surface area contributed by atoms with Gasteiger partial charge in [-0.1, -0.05) is 227 Å². The molecule has 4 nitrogen and oxygen atoms in total. The SMILES string of the molecule is C=C(C)[SH](C(=O)CC)C(CC(=O)[SH](CCCCCCCCCCCCCCCCCC)CCCCCCCCCCCCCCCCCC)OC(=O)CC. The number of rotatable bonds is 41. The predicted octanol–water partition coefficient (Wildman–Crippen LogP) is 16.2. The summed E-state index contributed by atoms with van der Waals surface area (Å²) in [5.74, 6) is 1.63. The molecule has 0 aromatic carbocycles. The lowest BCUT2D eigenvalue weighted by molar-refractivity contribution is -0.145. The van der Waals surface area contributed by atoms with Crippen LogP contribution >= 0.6 is 21.8 Å². The van der Waals surface area contributed by atoms with Crippen molar-refractivity contribution >= 4 is 38.0 Å². The Morgan fingerprint density at radius 2 is 0.741 bits per heavy atom. The number of carbonyl (C=O) groups is 3. The molecule has 0 aromatic heterocycles. The summed E-state index contributed by atoms with van der Waals surface area (Å²) in [6.07, 6.45) is 44.0. The molecule has 0 spiro atoms. The Morgan fingerprint density at radius 1 is 0.444 bits per heavy atom. The first kappa shape index (κ1) is 53.2. The minimum Gasteiger partial charge on any atom is -0.452 e. The van der Waals surface area contributed by atoms with E-state index in [0.29, 0.717) is 6.42 Å². The number of hydrogen-bond acceptors (Lipinski definition) is 4. The van der Waals surface area contributed by atoms with Gasteiger partial charge in [-0.25, -0.2) is 0 Å². The van der Waals surface area contributed by atoms with Crippen LogP contribution in [0.15, 0.2) is 11.5 Å². The van der Waals surface area contributed by atoms with Crippen LogP contribution in [0.1, 0.15) is 259 Å². The zero-order valence-corrected chi connectivity index (χ0v) is 38.8. The smallest absolute Gasteiger partial charge is 0.306 e. The fourth-order valence-corrected chi connectivity index (χ4v) is 12.2. The highest BCUT2D eigenvalue weighted by Crippen LogP contribution is 2.45. The number of ether oxygens (including phenoxy) is 1. The molecule has 0 rings (SSSR count). The largest absolute Gasteiger partial charge is 0.452 e. The fraction of sp³-hybridized carbons (Fsp3) is 0.896. The molecule has 6 heteroatoms. The monoisotopic (exact) mass is 799 g/mol. The average Bonchev–Trinajstić information content (AvgIpc) is 3.16. The molecular weight excluding hydrogens is 705 g/mol. The van der Waals surface area contributed by atoms with Crippen molar-refractivity contribution in [1.82, 2.24) is 0 Å². The molecule has 0 aliphatic rings. The van der Waals surface area contributed by atoms with Crippen molar-refractivity contribution < 1.29 is 19.1 Å². The van der Waals surface area contributed by atoms with Gasteiger partial charge in [0.1, 0.15) is 5.44 Å². The molecule has 0 radical (unpaired) electrons. The van der Waals surface area contributed by atoms with Crippen LogP contribution in [0.3, 0.4) is 0 Å². The van der Waals surface area contributed by atoms with Gasteiger partial charge < -0.3 is 4.74 Å². The van der Waals surface area contributed by atoms with Gasteiger partial charge in [0.05, 0.1) is 6.42 Å². The number of allylic oxidation sites excluding steroid dienone is 1. The van der Waals surface area contributed by atoms with Crippen LogP contribution in [0.2, 0.25) is 0 Å². The highest BCUT2D eigenvalue weighted by Gasteiger charge is 2.31. The van der Waals surface area contributed by atoms with Crippen LogP contribution in [0.5, 0.6) is 0 Å². The minimum atomic E-state index is -1.40. The maximum absolute atomic E-state index is 14.0. The second-order valence-corrected chi connectivity index (χ2v) is 21.4. The van der Waals surface area contributed by atoms with E-state index < -0.39 is 27.2 Å². The second kappa shape index (κ2) is 40.4. The lowest BCUT2D eigenvalue weighted by Crippen LogP contribution is -2.25. The first-order chi connectivity index (χ1) is 26.3. The van der Waals surface area contributed by atoms with Crippen molar-refractivity contribution in [3.8, 4) is 0 Å². The Balaban J connectivity index is 4.66. The summed E-state index contributed by atoms with van der Waals surface area (Å²) >= 11 is 0. The zero-order valence-electron chi connectivity index (χ0n) is 37.0. The van der Waals surface area contributed by atoms with Crippen molar-refractivity contribution in [3.05, 3.63) is 11.5 Å². The summed E-state index contributed by atoms with van der Waals surface area (Å²) < 4.78 is 5.83. The minimum absolute atomic E-state index is 0.0686. The molecule has 322 valence electrons. The lowest BCUT2D eigenvalue weighted by atomic mass is 10.0. The van der Waals surface area contributed by atoms with Crippen molar-refractivity contribution in [2.24, 2.45) is 0 Å². The lowest BCUT2D eigenvalue weighted by Gasteiger charge is -2.31. The number of hydrogen-bond donors (Lipinski definition) is 2. The quantitative estimate of drug-likeness (QED) is 0.0367. The standard InChI is InChI=1S/C48H94O4S2/c1-7-11-13-15-17-19-21-23-25-27-29-31-33-35-37-39-41-53(47(51)43-48(52-45(49)9-3)54(44(5)6)46(50)10-4)42-40-38-36-34-32-30-28-26-24-22-20-18-16-14-12-8-2/h48,53-54H,5,7-43H2,1-4,6H3. The van der Waals surface area contributed by atoms with Gasteiger partial charge >= 0.3 is 5.97 Å². The molecule has 0 heterocycles. The van der Waals surface area contributed by atoms with E-state index in [1.807, 2.05) is 13.8 Å². The molecule has 0 saturated carbocycles. The van der Waals surface area contributed by atoms with Crippen LogP contribution in [0.4, 0.5) is 0 Å². The summed E-state index contributed by atoms with van der Waals surface area (Å²) in [5.41, 5.74) is -0.661. The van der Waals surface area contributed by atoms with Gasteiger partial charge in [0.15, 0.2) is 10.2 Å². The van der Waals surface area contributed by atoms with Crippen molar-refractivity contribution in [3.63, 3.8) is 0 Å². The molecule has 0 aliphatic heterocycles. The van der Waals surface area contributed by atoms with E-state index in [-0.39, 0.29) is 29.0 Å². The van der Waals surface area contributed by atoms with Gasteiger partial charge in [-0.2, -0.15) is 10.9 Å². The Morgan fingerprint density at radius 3 is 1.00 bits per heavy atom. The Labute approximate surface area is 343 Å². The molecule has 0 bridgehead atoms. The Kier molecular flexibility index (Phi) is 39.9. The fourth-order valence-electron chi connectivity index (χ4n) is 7.55. The first-order valence-corrected chi connectivity index (χ1v) is 26.9. The average molecular weight is 799 g/mol. The molecule has 0 fully saturated rings. The van der Waals surface area contributed by atoms with Gasteiger partial charge in [-0.05, 0) is 36.2 Å². The highest BCUT2D eigenvalue weighted by atomic mass is 32.2. The normalized spacial score (nSPS) is 13.1. The van der Waals surface area contributed by atoms with E-state index in [1.165, 1.54) is 193 Å². The van der Waals surface area contributed by atoms with Crippen LogP contribution in [-0.2, 0) is 19.1 Å². The van der Waals surface area contributed by atoms with Gasteiger partial charge in [-0.3, -0.25) is 14.4 Å². The molecule has 0 N–H and O–H groups in total. The van der Waals surface area contributed by atoms with E-state index in [9.17, 15) is 14.4 Å². The molecule has 0 aliphatic carbocycles. The summed E-state index contributed by atoms with van der Waals surface area (Å²) in [4.78, 5) is 40.1.